The summed E-state index contributed by atoms with van der Waals surface area (Å²) in [4.78, 5) is -1.41. The molecule has 10 heavy (non-hydrogen) atoms. The van der Waals surface area contributed by atoms with Crippen LogP contribution in [0, 0.1) is 5.41 Å². The molecule has 0 aliphatic rings. The van der Waals surface area contributed by atoms with E-state index in [1.165, 1.54) is 0 Å². The molecule has 0 saturated heterocycles. The first-order valence-corrected chi connectivity index (χ1v) is 4.05. The Bertz CT molecular complexity index is 136. The van der Waals surface area contributed by atoms with E-state index in [1.54, 1.807) is 6.08 Å². The van der Waals surface area contributed by atoms with E-state index in [1.807, 2.05) is 13.8 Å². The van der Waals surface area contributed by atoms with Crippen LogP contribution in [0.15, 0.2) is 12.7 Å². The Morgan fingerprint density at radius 2 is 2.20 bits per heavy atom. The van der Waals surface area contributed by atoms with Crippen LogP contribution < -0.4 is 0 Å². The lowest BCUT2D eigenvalue weighted by Gasteiger charge is -2.24. The summed E-state index contributed by atoms with van der Waals surface area (Å²) in [5, 5.41) is 0. The minimum Gasteiger partial charge on any atom is -0.105 e. The third kappa shape index (κ3) is 3.48. The summed E-state index contributed by atoms with van der Waals surface area (Å²) >= 11 is 11.3. The predicted octanol–water partition coefficient (Wildman–Crippen LogP) is 3.78. The molecule has 0 rings (SSSR count). The van der Waals surface area contributed by atoms with E-state index < -0.39 is 4.81 Å². The standard InChI is InChI=1S/C8H14Cl2/c1-4-5-6-8(2,3)7(9)10/h4,7H,1,5-6H2,2-3H3/i7D. The molecule has 0 aromatic carbocycles. The smallest absolute Gasteiger partial charge is 0.105 e. The Morgan fingerprint density at radius 1 is 1.70 bits per heavy atom. The van der Waals surface area contributed by atoms with Crippen LogP contribution in [-0.4, -0.2) is 4.81 Å². The van der Waals surface area contributed by atoms with Gasteiger partial charge in [0.15, 0.2) is 0 Å². The molecule has 0 amide bonds. The molecule has 0 atom stereocenters. The van der Waals surface area contributed by atoms with Gasteiger partial charge in [0.2, 0.25) is 0 Å². The van der Waals surface area contributed by atoms with Crippen LogP contribution in [0.1, 0.15) is 28.1 Å². The quantitative estimate of drug-likeness (QED) is 0.458. The third-order valence-corrected chi connectivity index (χ3v) is 2.51. The molecular formula is C8H14Cl2. The van der Waals surface area contributed by atoms with Gasteiger partial charge in [-0.25, -0.2) is 0 Å². The van der Waals surface area contributed by atoms with Gasteiger partial charge in [0.1, 0.15) is 4.81 Å². The van der Waals surface area contributed by atoms with Crippen molar-refractivity contribution >= 4 is 23.2 Å². The van der Waals surface area contributed by atoms with Crippen molar-refractivity contribution in [3.05, 3.63) is 12.7 Å². The highest BCUT2D eigenvalue weighted by Crippen LogP contribution is 2.33. The van der Waals surface area contributed by atoms with Crippen LogP contribution in [0.2, 0.25) is 0 Å². The minimum atomic E-state index is -1.41. The lowest BCUT2D eigenvalue weighted by atomic mass is 9.90. The number of hydrogen-bond acceptors (Lipinski definition) is 0. The van der Waals surface area contributed by atoms with Crippen molar-refractivity contribution in [1.29, 1.82) is 0 Å². The van der Waals surface area contributed by atoms with Crippen molar-refractivity contribution in [1.82, 2.24) is 0 Å². The molecule has 0 spiro atoms. The molecule has 0 aromatic rings. The molecule has 60 valence electrons. The molecule has 0 N–H and O–H groups in total. The van der Waals surface area contributed by atoms with Crippen LogP contribution in [0.5, 0.6) is 0 Å². The fourth-order valence-electron chi connectivity index (χ4n) is 0.557. The van der Waals surface area contributed by atoms with E-state index in [9.17, 15) is 0 Å². The molecule has 0 bridgehead atoms. The molecule has 0 aliphatic carbocycles. The maximum atomic E-state index is 7.41. The lowest BCUT2D eigenvalue weighted by Crippen LogP contribution is -2.19. The van der Waals surface area contributed by atoms with Gasteiger partial charge >= 0.3 is 0 Å². The molecule has 0 saturated carbocycles. The Labute approximate surface area is 74.6 Å². The van der Waals surface area contributed by atoms with Crippen molar-refractivity contribution < 1.29 is 1.37 Å². The Balaban J connectivity index is 4.10. The topological polar surface area (TPSA) is 0 Å². The maximum Gasteiger partial charge on any atom is 0.112 e. The van der Waals surface area contributed by atoms with E-state index in [4.69, 9.17) is 24.6 Å². The van der Waals surface area contributed by atoms with Gasteiger partial charge in [-0.05, 0) is 18.3 Å². The highest BCUT2D eigenvalue weighted by atomic mass is 35.5. The second kappa shape index (κ2) is 4.25. The normalized spacial score (nSPS) is 14.6. The fourth-order valence-corrected chi connectivity index (χ4v) is 0.746. The van der Waals surface area contributed by atoms with Gasteiger partial charge in [0, 0.05) is 0 Å². The van der Waals surface area contributed by atoms with Gasteiger partial charge in [0.25, 0.3) is 0 Å². The van der Waals surface area contributed by atoms with Crippen molar-refractivity contribution in [2.24, 2.45) is 5.41 Å². The largest absolute Gasteiger partial charge is 0.112 e. The first-order chi connectivity index (χ1) is 4.81. The fraction of sp³-hybridized carbons (Fsp3) is 0.750. The van der Waals surface area contributed by atoms with E-state index >= 15 is 0 Å². The molecular weight excluding hydrogens is 167 g/mol. The van der Waals surface area contributed by atoms with Crippen molar-refractivity contribution in [2.45, 2.75) is 31.5 Å². The van der Waals surface area contributed by atoms with Crippen LogP contribution in [0.4, 0.5) is 0 Å². The summed E-state index contributed by atoms with van der Waals surface area (Å²) in [6.07, 6.45) is 3.43. The SMILES string of the molecule is [2H]C(Cl)(Cl)C(C)(C)CCC=C. The number of allylic oxidation sites excluding steroid dienone is 1. The van der Waals surface area contributed by atoms with Crippen molar-refractivity contribution in [3.63, 3.8) is 0 Å². The van der Waals surface area contributed by atoms with Gasteiger partial charge in [-0.15, -0.1) is 29.8 Å². The van der Waals surface area contributed by atoms with Crippen molar-refractivity contribution in [3.8, 4) is 0 Å². The van der Waals surface area contributed by atoms with Gasteiger partial charge in [-0.2, -0.15) is 0 Å². The van der Waals surface area contributed by atoms with Crippen LogP contribution in [0.25, 0.3) is 0 Å². The zero-order chi connectivity index (χ0) is 9.12. The second-order valence-corrected chi connectivity index (χ2v) is 3.92. The molecule has 0 aromatic heterocycles. The van der Waals surface area contributed by atoms with Gasteiger partial charge < -0.3 is 0 Å². The van der Waals surface area contributed by atoms with E-state index in [0.29, 0.717) is 0 Å². The van der Waals surface area contributed by atoms with E-state index in [-0.39, 0.29) is 5.41 Å². The average molecular weight is 182 g/mol. The summed E-state index contributed by atoms with van der Waals surface area (Å²) in [5.74, 6) is 0. The molecule has 2 heteroatoms. The first-order valence-electron chi connectivity index (χ1n) is 3.80. The highest BCUT2D eigenvalue weighted by molar-refractivity contribution is 6.44. The lowest BCUT2D eigenvalue weighted by molar-refractivity contribution is 0.367. The predicted molar refractivity (Wildman–Crippen MR) is 48.7 cm³/mol. The minimum absolute atomic E-state index is 0.385. The summed E-state index contributed by atoms with van der Waals surface area (Å²) < 4.78 is 7.41. The zero-order valence-electron chi connectivity index (χ0n) is 7.45. The average Bonchev–Trinajstić information content (AvgIpc) is 1.81. The molecule has 0 fully saturated rings. The molecule has 0 heterocycles. The Hall–Kier alpha value is 0.320. The molecule has 0 aliphatic heterocycles. The maximum absolute atomic E-state index is 7.41. The Kier molecular flexibility index (Phi) is 3.58. The van der Waals surface area contributed by atoms with Crippen LogP contribution in [0.3, 0.4) is 0 Å². The number of rotatable bonds is 4. The van der Waals surface area contributed by atoms with Crippen LogP contribution in [-0.2, 0) is 0 Å². The number of hydrogen-bond donors (Lipinski definition) is 0. The third-order valence-electron chi connectivity index (χ3n) is 1.49. The van der Waals surface area contributed by atoms with E-state index in [0.717, 1.165) is 12.8 Å². The summed E-state index contributed by atoms with van der Waals surface area (Å²) in [6, 6.07) is 0. The summed E-state index contributed by atoms with van der Waals surface area (Å²) in [6.45, 7) is 7.36. The number of alkyl halides is 2. The van der Waals surface area contributed by atoms with E-state index in [2.05, 4.69) is 6.58 Å². The zero-order valence-corrected chi connectivity index (χ0v) is 7.97. The van der Waals surface area contributed by atoms with Gasteiger partial charge in [-0.3, -0.25) is 0 Å². The van der Waals surface area contributed by atoms with Crippen LogP contribution >= 0.6 is 23.2 Å². The second-order valence-electron chi connectivity index (χ2n) is 2.97. The Morgan fingerprint density at radius 3 is 2.50 bits per heavy atom. The van der Waals surface area contributed by atoms with Gasteiger partial charge in [0.05, 0.1) is 1.37 Å². The van der Waals surface area contributed by atoms with Gasteiger partial charge in [-0.1, -0.05) is 19.9 Å². The summed E-state index contributed by atoms with van der Waals surface area (Å²) in [5.41, 5.74) is -0.385. The number of halogens is 2. The molecule has 0 radical (unpaired) electrons. The first kappa shape index (κ1) is 8.42. The highest BCUT2D eigenvalue weighted by Gasteiger charge is 2.24. The van der Waals surface area contributed by atoms with Crippen molar-refractivity contribution in [2.75, 3.05) is 0 Å². The summed E-state index contributed by atoms with van der Waals surface area (Å²) in [7, 11) is 0. The molecule has 0 nitrogen and oxygen atoms in total. The molecule has 0 unspecified atom stereocenters. The monoisotopic (exact) mass is 181 g/mol.